The predicted octanol–water partition coefficient (Wildman–Crippen LogP) is 3.61. The highest BCUT2D eigenvalue weighted by Gasteiger charge is 2.18. The number of benzene rings is 1. The molecule has 1 rings (SSSR count). The SMILES string of the molecule is CCOC(=O)c1ccc(C(Br)C(C)=O)c(SC)c1. The lowest BCUT2D eigenvalue weighted by Gasteiger charge is -2.12. The van der Waals surface area contributed by atoms with E-state index in [1.54, 1.807) is 25.1 Å². The van der Waals surface area contributed by atoms with Gasteiger partial charge in [0.15, 0.2) is 0 Å². The number of hydrogen-bond donors (Lipinski definition) is 0. The average molecular weight is 331 g/mol. The van der Waals surface area contributed by atoms with Crippen LogP contribution in [0.4, 0.5) is 0 Å². The van der Waals surface area contributed by atoms with Gasteiger partial charge in [-0.2, -0.15) is 0 Å². The molecule has 0 saturated heterocycles. The first-order chi connectivity index (χ1) is 8.51. The number of ketones is 1. The van der Waals surface area contributed by atoms with Crippen LogP contribution in [0.15, 0.2) is 23.1 Å². The van der Waals surface area contributed by atoms with E-state index in [0.717, 1.165) is 10.5 Å². The molecule has 1 atom stereocenters. The summed E-state index contributed by atoms with van der Waals surface area (Å²) in [7, 11) is 0. The fourth-order valence-electron chi connectivity index (χ4n) is 1.48. The molecule has 0 aliphatic heterocycles. The minimum atomic E-state index is -0.340. The minimum Gasteiger partial charge on any atom is -0.462 e. The third-order valence-corrected chi connectivity index (χ3v) is 4.31. The van der Waals surface area contributed by atoms with Crippen molar-refractivity contribution in [2.24, 2.45) is 0 Å². The number of carbonyl (C=O) groups is 2. The molecule has 0 radical (unpaired) electrons. The molecule has 5 heteroatoms. The van der Waals surface area contributed by atoms with Crippen LogP contribution in [0.1, 0.15) is 34.6 Å². The first-order valence-corrected chi connectivity index (χ1v) is 7.64. The van der Waals surface area contributed by atoms with Crippen LogP contribution in [0.2, 0.25) is 0 Å². The van der Waals surface area contributed by atoms with Gasteiger partial charge in [0.1, 0.15) is 5.78 Å². The van der Waals surface area contributed by atoms with Crippen LogP contribution in [-0.4, -0.2) is 24.6 Å². The van der Waals surface area contributed by atoms with Crippen LogP contribution in [0.3, 0.4) is 0 Å². The van der Waals surface area contributed by atoms with Crippen LogP contribution >= 0.6 is 27.7 Å². The van der Waals surface area contributed by atoms with Crippen molar-refractivity contribution < 1.29 is 14.3 Å². The second-order valence-electron chi connectivity index (χ2n) is 3.65. The van der Waals surface area contributed by atoms with Crippen molar-refractivity contribution >= 4 is 39.4 Å². The molecule has 3 nitrogen and oxygen atoms in total. The molecule has 0 saturated carbocycles. The van der Waals surface area contributed by atoms with Crippen LogP contribution in [0.25, 0.3) is 0 Å². The van der Waals surface area contributed by atoms with Crippen molar-refractivity contribution in [3.05, 3.63) is 29.3 Å². The van der Waals surface area contributed by atoms with Gasteiger partial charge in [0, 0.05) is 4.90 Å². The average Bonchev–Trinajstić information content (AvgIpc) is 2.37. The predicted molar refractivity (Wildman–Crippen MR) is 76.5 cm³/mol. The highest BCUT2D eigenvalue weighted by Crippen LogP contribution is 2.32. The first kappa shape index (κ1) is 15.2. The summed E-state index contributed by atoms with van der Waals surface area (Å²) in [4.78, 5) is 23.6. The fraction of sp³-hybridized carbons (Fsp3) is 0.385. The van der Waals surface area contributed by atoms with Gasteiger partial charge in [0.05, 0.1) is 17.0 Å². The van der Waals surface area contributed by atoms with E-state index in [4.69, 9.17) is 4.74 Å². The summed E-state index contributed by atoms with van der Waals surface area (Å²) in [6.45, 7) is 3.65. The normalized spacial score (nSPS) is 12.0. The van der Waals surface area contributed by atoms with E-state index in [1.807, 2.05) is 6.26 Å². The number of hydrogen-bond acceptors (Lipinski definition) is 4. The van der Waals surface area contributed by atoms with E-state index < -0.39 is 0 Å². The first-order valence-electron chi connectivity index (χ1n) is 5.50. The summed E-state index contributed by atoms with van der Waals surface area (Å²) < 4.78 is 4.95. The van der Waals surface area contributed by atoms with Crippen molar-refractivity contribution in [2.45, 2.75) is 23.6 Å². The summed E-state index contributed by atoms with van der Waals surface area (Å²) in [5.74, 6) is -0.303. The second kappa shape index (κ2) is 6.95. The molecule has 0 aromatic heterocycles. The Morgan fingerprint density at radius 1 is 1.44 bits per heavy atom. The smallest absolute Gasteiger partial charge is 0.338 e. The summed E-state index contributed by atoms with van der Waals surface area (Å²) in [6.07, 6.45) is 1.91. The van der Waals surface area contributed by atoms with Gasteiger partial charge in [-0.05, 0) is 37.8 Å². The van der Waals surface area contributed by atoms with Crippen molar-refractivity contribution in [1.29, 1.82) is 0 Å². The number of esters is 1. The molecule has 0 bridgehead atoms. The Balaban J connectivity index is 3.11. The maximum Gasteiger partial charge on any atom is 0.338 e. The summed E-state index contributed by atoms with van der Waals surface area (Å²) in [5, 5.41) is 0. The number of carbonyl (C=O) groups excluding carboxylic acids is 2. The Kier molecular flexibility index (Phi) is 5.88. The molecule has 0 amide bonds. The number of rotatable bonds is 5. The van der Waals surface area contributed by atoms with Crippen LogP contribution in [0.5, 0.6) is 0 Å². The van der Waals surface area contributed by atoms with Crippen LogP contribution < -0.4 is 0 Å². The zero-order chi connectivity index (χ0) is 13.7. The number of Topliss-reactive ketones (excluding diaryl/α,β-unsaturated/α-hetero) is 1. The third-order valence-electron chi connectivity index (χ3n) is 2.37. The zero-order valence-electron chi connectivity index (χ0n) is 10.5. The van der Waals surface area contributed by atoms with Gasteiger partial charge in [-0.15, -0.1) is 11.8 Å². The van der Waals surface area contributed by atoms with E-state index in [2.05, 4.69) is 15.9 Å². The Morgan fingerprint density at radius 2 is 2.11 bits per heavy atom. The van der Waals surface area contributed by atoms with Crippen molar-refractivity contribution in [3.63, 3.8) is 0 Å². The summed E-state index contributed by atoms with van der Waals surface area (Å²) in [6, 6.07) is 5.23. The maximum atomic E-state index is 11.6. The molecule has 0 N–H and O–H groups in total. The number of halogens is 1. The minimum absolute atomic E-state index is 0.0363. The van der Waals surface area contributed by atoms with Crippen LogP contribution in [-0.2, 0) is 9.53 Å². The largest absolute Gasteiger partial charge is 0.462 e. The van der Waals surface area contributed by atoms with Crippen LogP contribution in [0, 0.1) is 0 Å². The number of alkyl halides is 1. The van der Waals surface area contributed by atoms with Gasteiger partial charge in [0.25, 0.3) is 0 Å². The third kappa shape index (κ3) is 3.59. The highest BCUT2D eigenvalue weighted by molar-refractivity contribution is 9.09. The Hall–Kier alpha value is -0.810. The lowest BCUT2D eigenvalue weighted by atomic mass is 10.1. The Bertz CT molecular complexity index is 460. The standard InChI is InChI=1S/C13H15BrO3S/c1-4-17-13(16)9-5-6-10(11(7-9)18-3)12(14)8(2)15/h5-7,12H,4H2,1-3H3. The molecule has 0 spiro atoms. The summed E-state index contributed by atoms with van der Waals surface area (Å²) in [5.41, 5.74) is 1.39. The van der Waals surface area contributed by atoms with Gasteiger partial charge in [0.2, 0.25) is 0 Å². The number of thioether (sulfide) groups is 1. The van der Waals surface area contributed by atoms with Gasteiger partial charge < -0.3 is 4.74 Å². The maximum absolute atomic E-state index is 11.6. The fourth-order valence-corrected chi connectivity index (χ4v) is 2.70. The molecule has 98 valence electrons. The van der Waals surface area contributed by atoms with E-state index in [0.29, 0.717) is 12.2 Å². The second-order valence-corrected chi connectivity index (χ2v) is 5.41. The molecule has 0 heterocycles. The van der Waals surface area contributed by atoms with E-state index >= 15 is 0 Å². The molecule has 0 aliphatic rings. The van der Waals surface area contributed by atoms with Crippen molar-refractivity contribution in [3.8, 4) is 0 Å². The van der Waals surface area contributed by atoms with E-state index in [-0.39, 0.29) is 16.6 Å². The molecule has 1 unspecified atom stereocenters. The molecular weight excluding hydrogens is 316 g/mol. The van der Waals surface area contributed by atoms with E-state index in [9.17, 15) is 9.59 Å². The Labute approximate surface area is 119 Å². The molecule has 1 aromatic rings. The van der Waals surface area contributed by atoms with Crippen molar-refractivity contribution in [1.82, 2.24) is 0 Å². The van der Waals surface area contributed by atoms with Gasteiger partial charge >= 0.3 is 5.97 Å². The van der Waals surface area contributed by atoms with Crippen molar-refractivity contribution in [2.75, 3.05) is 12.9 Å². The zero-order valence-corrected chi connectivity index (χ0v) is 12.9. The molecular formula is C13H15BrO3S. The Morgan fingerprint density at radius 3 is 2.61 bits per heavy atom. The lowest BCUT2D eigenvalue weighted by Crippen LogP contribution is -2.07. The topological polar surface area (TPSA) is 43.4 Å². The number of ether oxygens (including phenoxy) is 1. The molecule has 18 heavy (non-hydrogen) atoms. The van der Waals surface area contributed by atoms with Gasteiger partial charge in [-0.1, -0.05) is 22.0 Å². The van der Waals surface area contributed by atoms with Gasteiger partial charge in [-0.25, -0.2) is 4.79 Å². The molecule has 0 fully saturated rings. The van der Waals surface area contributed by atoms with Gasteiger partial charge in [-0.3, -0.25) is 4.79 Å². The quantitative estimate of drug-likeness (QED) is 0.470. The summed E-state index contributed by atoms with van der Waals surface area (Å²) >= 11 is 4.86. The van der Waals surface area contributed by atoms with E-state index in [1.165, 1.54) is 18.7 Å². The monoisotopic (exact) mass is 330 g/mol. The highest BCUT2D eigenvalue weighted by atomic mass is 79.9. The molecule has 1 aromatic carbocycles. The molecule has 0 aliphatic carbocycles. The lowest BCUT2D eigenvalue weighted by molar-refractivity contribution is -0.116.